The molecule has 3 aromatic rings. The predicted octanol–water partition coefficient (Wildman–Crippen LogP) is 4.51. The number of hydrazone groups is 1. The molecule has 146 valence electrons. The largest absolute Gasteiger partial charge is 0.493 e. The van der Waals surface area contributed by atoms with Gasteiger partial charge in [-0.05, 0) is 35.2 Å². The number of benzene rings is 1. The summed E-state index contributed by atoms with van der Waals surface area (Å²) in [6.45, 7) is 0. The molecule has 0 saturated heterocycles. The van der Waals surface area contributed by atoms with E-state index in [1.807, 2.05) is 29.6 Å². The minimum absolute atomic E-state index is 0.534. The van der Waals surface area contributed by atoms with Crippen LogP contribution in [0.3, 0.4) is 0 Å². The molecule has 0 spiro atoms. The highest BCUT2D eigenvalue weighted by atomic mass is 32.1. The molecule has 1 aromatic carbocycles. The quantitative estimate of drug-likeness (QED) is 0.433. The van der Waals surface area contributed by atoms with E-state index in [0.717, 1.165) is 10.4 Å². The fraction of sp³-hybridized carbons (Fsp3) is 0.167. The summed E-state index contributed by atoms with van der Waals surface area (Å²) in [4.78, 5) is 17.1. The molecule has 10 heteroatoms. The van der Waals surface area contributed by atoms with E-state index in [9.17, 15) is 4.79 Å². The number of carbonyl (C=O) groups excluding carboxylic acids is 1. The number of thiophene rings is 1. The van der Waals surface area contributed by atoms with Gasteiger partial charge >= 0.3 is 6.09 Å². The molecule has 0 atom stereocenters. The second-order valence-electron chi connectivity index (χ2n) is 5.28. The maximum atomic E-state index is 11.6. The Morgan fingerprint density at radius 3 is 2.68 bits per heavy atom. The van der Waals surface area contributed by atoms with Crippen LogP contribution in [0.25, 0.3) is 10.6 Å². The van der Waals surface area contributed by atoms with Gasteiger partial charge in [0, 0.05) is 0 Å². The van der Waals surface area contributed by atoms with Gasteiger partial charge in [-0.2, -0.15) is 5.10 Å². The lowest BCUT2D eigenvalue weighted by atomic mass is 10.2. The van der Waals surface area contributed by atoms with E-state index in [1.54, 1.807) is 26.5 Å². The van der Waals surface area contributed by atoms with E-state index in [-0.39, 0.29) is 0 Å². The third-order valence-corrected chi connectivity index (χ3v) is 5.32. The van der Waals surface area contributed by atoms with Crippen molar-refractivity contribution in [1.29, 1.82) is 0 Å². The molecule has 0 unspecified atom stereocenters. The Bertz CT molecular complexity index is 970. The van der Waals surface area contributed by atoms with Crippen molar-refractivity contribution in [3.63, 3.8) is 0 Å². The van der Waals surface area contributed by atoms with Crippen LogP contribution in [0.15, 0.2) is 40.8 Å². The van der Waals surface area contributed by atoms with Crippen LogP contribution >= 0.6 is 22.7 Å². The average Bonchev–Trinajstić information content (AvgIpc) is 3.37. The second-order valence-corrected chi connectivity index (χ2v) is 7.22. The zero-order chi connectivity index (χ0) is 19.9. The first-order chi connectivity index (χ1) is 13.6. The molecule has 28 heavy (non-hydrogen) atoms. The Morgan fingerprint density at radius 1 is 1.18 bits per heavy atom. The maximum absolute atomic E-state index is 11.6. The van der Waals surface area contributed by atoms with E-state index in [2.05, 4.69) is 25.6 Å². The lowest BCUT2D eigenvalue weighted by molar-refractivity contribution is 0.187. The number of rotatable bonds is 7. The number of hydrogen-bond donors (Lipinski definition) is 2. The highest BCUT2D eigenvalue weighted by Gasteiger charge is 2.16. The molecule has 2 N–H and O–H groups in total. The summed E-state index contributed by atoms with van der Waals surface area (Å²) >= 11 is 2.79. The van der Waals surface area contributed by atoms with Gasteiger partial charge in [0.05, 0.1) is 32.4 Å². The van der Waals surface area contributed by atoms with Crippen LogP contribution in [0.5, 0.6) is 11.5 Å². The van der Waals surface area contributed by atoms with Gasteiger partial charge in [0.2, 0.25) is 5.13 Å². The molecule has 8 nitrogen and oxygen atoms in total. The van der Waals surface area contributed by atoms with E-state index >= 15 is 0 Å². The number of hydrogen-bond acceptors (Lipinski definition) is 9. The monoisotopic (exact) mass is 418 g/mol. The van der Waals surface area contributed by atoms with Crippen LogP contribution in [-0.4, -0.2) is 38.6 Å². The predicted molar refractivity (Wildman–Crippen MR) is 112 cm³/mol. The Balaban J connectivity index is 1.78. The highest BCUT2D eigenvalue weighted by molar-refractivity contribution is 7.21. The van der Waals surface area contributed by atoms with Crippen molar-refractivity contribution in [2.45, 2.75) is 0 Å². The fourth-order valence-electron chi connectivity index (χ4n) is 2.27. The van der Waals surface area contributed by atoms with Gasteiger partial charge in [-0.1, -0.05) is 17.4 Å². The van der Waals surface area contributed by atoms with Gasteiger partial charge < -0.3 is 14.2 Å². The van der Waals surface area contributed by atoms with Crippen LogP contribution in [-0.2, 0) is 4.74 Å². The van der Waals surface area contributed by atoms with E-state index in [0.29, 0.717) is 27.3 Å². The molecule has 2 heterocycles. The molecular formula is C18H18N4O4S2. The first-order valence-corrected chi connectivity index (χ1v) is 9.75. The number of methoxy groups -OCH3 is 3. The van der Waals surface area contributed by atoms with E-state index < -0.39 is 6.09 Å². The molecule has 0 aliphatic heterocycles. The van der Waals surface area contributed by atoms with E-state index in [4.69, 9.17) is 9.47 Å². The zero-order valence-electron chi connectivity index (χ0n) is 15.4. The number of amides is 1. The first-order valence-electron chi connectivity index (χ1n) is 8.05. The van der Waals surface area contributed by atoms with Crippen LogP contribution in [0.4, 0.5) is 14.9 Å². The molecule has 0 saturated carbocycles. The van der Waals surface area contributed by atoms with E-state index in [1.165, 1.54) is 29.8 Å². The topological polar surface area (TPSA) is 94.1 Å². The van der Waals surface area contributed by atoms with Crippen molar-refractivity contribution >= 4 is 45.1 Å². The van der Waals surface area contributed by atoms with Gasteiger partial charge in [-0.15, -0.1) is 11.3 Å². The number of nitrogens with one attached hydrogen (secondary N) is 2. The molecule has 0 fully saturated rings. The lowest BCUT2D eigenvalue weighted by Crippen LogP contribution is -2.10. The molecule has 1 amide bonds. The Labute approximate surface area is 169 Å². The second kappa shape index (κ2) is 9.20. The Hall–Kier alpha value is -3.11. The summed E-state index contributed by atoms with van der Waals surface area (Å²) in [5, 5.41) is 9.96. The first kappa shape index (κ1) is 19.6. The SMILES string of the molecule is COC(=O)Nc1sc(N/N=C\c2ccc(OC)c(OC)c2)nc1-c1cccs1. The van der Waals surface area contributed by atoms with Gasteiger partial charge in [0.25, 0.3) is 0 Å². The smallest absolute Gasteiger partial charge is 0.412 e. The summed E-state index contributed by atoms with van der Waals surface area (Å²) in [5.41, 5.74) is 4.38. The summed E-state index contributed by atoms with van der Waals surface area (Å²) in [7, 11) is 4.48. The number of ether oxygens (including phenoxy) is 3. The number of nitrogens with zero attached hydrogens (tertiary/aromatic N) is 2. The standard InChI is InChI=1S/C18H18N4O4S2/c1-24-12-7-6-11(9-13(12)25-2)10-19-22-17-20-15(14-5-4-8-27-14)16(28-17)21-18(23)26-3/h4-10H,1-3H3,(H,20,22)(H,21,23)/b19-10-. The van der Waals surface area contributed by atoms with Crippen molar-refractivity contribution in [2.24, 2.45) is 5.10 Å². The van der Waals surface area contributed by atoms with Gasteiger partial charge in [0.1, 0.15) is 10.7 Å². The molecule has 0 bridgehead atoms. The van der Waals surface area contributed by atoms with Crippen molar-refractivity contribution in [1.82, 2.24) is 4.98 Å². The number of aromatic nitrogens is 1. The number of carbonyl (C=O) groups is 1. The zero-order valence-corrected chi connectivity index (χ0v) is 17.0. The molecule has 3 rings (SSSR count). The van der Waals surface area contributed by atoms with Gasteiger partial charge in [-0.3, -0.25) is 10.7 Å². The molecule has 0 radical (unpaired) electrons. The number of anilines is 2. The van der Waals surface area contributed by atoms with Crippen molar-refractivity contribution in [2.75, 3.05) is 32.1 Å². The third kappa shape index (κ3) is 4.59. The normalized spacial score (nSPS) is 10.7. The summed E-state index contributed by atoms with van der Waals surface area (Å²) in [5.74, 6) is 1.26. The molecular weight excluding hydrogens is 400 g/mol. The van der Waals surface area contributed by atoms with Crippen LogP contribution < -0.4 is 20.2 Å². The minimum atomic E-state index is -0.554. The molecule has 2 aromatic heterocycles. The average molecular weight is 419 g/mol. The summed E-state index contributed by atoms with van der Waals surface area (Å²) in [6.07, 6.45) is 1.09. The molecule has 0 aliphatic rings. The third-order valence-electron chi connectivity index (χ3n) is 3.56. The minimum Gasteiger partial charge on any atom is -0.493 e. The Morgan fingerprint density at radius 2 is 2.00 bits per heavy atom. The van der Waals surface area contributed by atoms with Gasteiger partial charge in [-0.25, -0.2) is 9.78 Å². The van der Waals surface area contributed by atoms with Crippen LogP contribution in [0.2, 0.25) is 0 Å². The van der Waals surface area contributed by atoms with Crippen LogP contribution in [0.1, 0.15) is 5.56 Å². The maximum Gasteiger partial charge on any atom is 0.412 e. The molecule has 0 aliphatic carbocycles. The van der Waals surface area contributed by atoms with Crippen molar-refractivity contribution in [3.8, 4) is 22.1 Å². The Kier molecular flexibility index (Phi) is 6.45. The lowest BCUT2D eigenvalue weighted by Gasteiger charge is -2.07. The fourth-order valence-corrected chi connectivity index (χ4v) is 3.87. The van der Waals surface area contributed by atoms with Crippen molar-refractivity contribution in [3.05, 3.63) is 41.3 Å². The van der Waals surface area contributed by atoms with Crippen molar-refractivity contribution < 1.29 is 19.0 Å². The van der Waals surface area contributed by atoms with Crippen LogP contribution in [0, 0.1) is 0 Å². The summed E-state index contributed by atoms with van der Waals surface area (Å²) < 4.78 is 15.2. The van der Waals surface area contributed by atoms with Gasteiger partial charge in [0.15, 0.2) is 11.5 Å². The number of thiazole rings is 1. The summed E-state index contributed by atoms with van der Waals surface area (Å²) in [6, 6.07) is 9.32. The highest BCUT2D eigenvalue weighted by Crippen LogP contribution is 2.38.